The molecule has 0 aromatic carbocycles. The highest BCUT2D eigenvalue weighted by Crippen LogP contribution is 1.89. The number of rotatable bonds is 6. The Bertz CT molecular complexity index is 114. The lowest BCUT2D eigenvalue weighted by Crippen LogP contribution is -2.20. The summed E-state index contributed by atoms with van der Waals surface area (Å²) >= 11 is 0. The summed E-state index contributed by atoms with van der Waals surface area (Å²) in [5.41, 5.74) is 2.57. The molecule has 0 aliphatic rings. The van der Waals surface area contributed by atoms with Crippen LogP contribution in [-0.2, 0) is 9.63 Å². The molecule has 0 aromatic rings. The minimum atomic E-state index is -0.814. The molecule has 0 aliphatic carbocycles. The van der Waals surface area contributed by atoms with Crippen LogP contribution >= 0.6 is 0 Å². The molecule has 0 fully saturated rings. The SMILES string of the molecule is CC(C)CONCCC(=O)O. The number of hydroxylamine groups is 1. The predicted molar refractivity (Wildman–Crippen MR) is 41.0 cm³/mol. The van der Waals surface area contributed by atoms with E-state index in [2.05, 4.69) is 5.48 Å². The third kappa shape index (κ3) is 9.39. The van der Waals surface area contributed by atoms with Crippen molar-refractivity contribution < 1.29 is 14.7 Å². The van der Waals surface area contributed by atoms with Gasteiger partial charge in [0.25, 0.3) is 0 Å². The maximum absolute atomic E-state index is 10.0. The van der Waals surface area contributed by atoms with E-state index < -0.39 is 5.97 Å². The van der Waals surface area contributed by atoms with E-state index in [1.54, 1.807) is 0 Å². The van der Waals surface area contributed by atoms with Crippen LogP contribution in [0.4, 0.5) is 0 Å². The topological polar surface area (TPSA) is 58.6 Å². The fraction of sp³-hybridized carbons (Fsp3) is 0.857. The van der Waals surface area contributed by atoms with Crippen LogP contribution in [0.15, 0.2) is 0 Å². The van der Waals surface area contributed by atoms with E-state index in [0.29, 0.717) is 19.1 Å². The zero-order valence-corrected chi connectivity index (χ0v) is 6.96. The molecular weight excluding hydrogens is 146 g/mol. The van der Waals surface area contributed by atoms with Gasteiger partial charge in [-0.25, -0.2) is 5.48 Å². The highest BCUT2D eigenvalue weighted by molar-refractivity contribution is 5.66. The van der Waals surface area contributed by atoms with E-state index >= 15 is 0 Å². The second kappa shape index (κ2) is 6.12. The average molecular weight is 161 g/mol. The van der Waals surface area contributed by atoms with E-state index in [1.807, 2.05) is 13.8 Å². The van der Waals surface area contributed by atoms with E-state index in [9.17, 15) is 4.79 Å². The zero-order chi connectivity index (χ0) is 8.69. The van der Waals surface area contributed by atoms with Crippen LogP contribution in [-0.4, -0.2) is 24.2 Å². The third-order valence-electron chi connectivity index (χ3n) is 0.960. The third-order valence-corrected chi connectivity index (χ3v) is 0.960. The van der Waals surface area contributed by atoms with Gasteiger partial charge < -0.3 is 9.94 Å². The van der Waals surface area contributed by atoms with Crippen LogP contribution in [0.1, 0.15) is 20.3 Å². The van der Waals surface area contributed by atoms with Crippen molar-refractivity contribution in [2.75, 3.05) is 13.2 Å². The van der Waals surface area contributed by atoms with Crippen molar-refractivity contribution in [2.24, 2.45) is 5.92 Å². The monoisotopic (exact) mass is 161 g/mol. The Morgan fingerprint density at radius 2 is 2.27 bits per heavy atom. The second-order valence-corrected chi connectivity index (χ2v) is 2.74. The lowest BCUT2D eigenvalue weighted by molar-refractivity contribution is -0.137. The van der Waals surface area contributed by atoms with Crippen molar-refractivity contribution >= 4 is 5.97 Å². The van der Waals surface area contributed by atoms with Gasteiger partial charge in [-0.3, -0.25) is 4.79 Å². The summed E-state index contributed by atoms with van der Waals surface area (Å²) < 4.78 is 0. The number of hydrogen-bond acceptors (Lipinski definition) is 3. The van der Waals surface area contributed by atoms with Gasteiger partial charge in [0.1, 0.15) is 0 Å². The van der Waals surface area contributed by atoms with Gasteiger partial charge in [0, 0.05) is 6.54 Å². The smallest absolute Gasteiger partial charge is 0.304 e. The van der Waals surface area contributed by atoms with Gasteiger partial charge >= 0.3 is 5.97 Å². The Hall–Kier alpha value is -0.610. The minimum absolute atomic E-state index is 0.0953. The van der Waals surface area contributed by atoms with Crippen molar-refractivity contribution in [3.63, 3.8) is 0 Å². The predicted octanol–water partition coefficient (Wildman–Crippen LogP) is 0.638. The summed E-state index contributed by atoms with van der Waals surface area (Å²) in [6.45, 7) is 5.03. The number of nitrogens with one attached hydrogen (secondary N) is 1. The van der Waals surface area contributed by atoms with Crippen molar-refractivity contribution in [2.45, 2.75) is 20.3 Å². The average Bonchev–Trinajstić information content (AvgIpc) is 1.85. The highest BCUT2D eigenvalue weighted by atomic mass is 16.6. The van der Waals surface area contributed by atoms with Crippen molar-refractivity contribution in [1.82, 2.24) is 5.48 Å². The molecule has 0 spiro atoms. The van der Waals surface area contributed by atoms with E-state index in [0.717, 1.165) is 0 Å². The number of hydrogen-bond donors (Lipinski definition) is 2. The molecule has 2 N–H and O–H groups in total. The molecule has 4 nitrogen and oxygen atoms in total. The molecule has 0 saturated carbocycles. The Balaban J connectivity index is 2.97. The van der Waals surface area contributed by atoms with Crippen LogP contribution in [0.25, 0.3) is 0 Å². The van der Waals surface area contributed by atoms with E-state index in [-0.39, 0.29) is 6.42 Å². The second-order valence-electron chi connectivity index (χ2n) is 2.74. The molecule has 4 heteroatoms. The minimum Gasteiger partial charge on any atom is -0.481 e. The molecule has 0 aliphatic heterocycles. The van der Waals surface area contributed by atoms with Crippen molar-refractivity contribution in [1.29, 1.82) is 0 Å². The van der Waals surface area contributed by atoms with Crippen LogP contribution in [0, 0.1) is 5.92 Å². The lowest BCUT2D eigenvalue weighted by atomic mass is 10.2. The van der Waals surface area contributed by atoms with Crippen LogP contribution in [0.5, 0.6) is 0 Å². The standard InChI is InChI=1S/C7H15NO3/c1-6(2)5-11-8-4-3-7(9)10/h6,8H,3-5H2,1-2H3,(H,9,10). The number of carboxylic acid groups (broad SMARTS) is 1. The summed E-state index contributed by atoms with van der Waals surface area (Å²) in [5, 5.41) is 8.23. The normalized spacial score (nSPS) is 10.5. The Morgan fingerprint density at radius 1 is 1.64 bits per heavy atom. The van der Waals surface area contributed by atoms with Crippen LogP contribution in [0.3, 0.4) is 0 Å². The summed E-state index contributed by atoms with van der Waals surface area (Å²) in [4.78, 5) is 14.9. The summed E-state index contributed by atoms with van der Waals surface area (Å²) in [6, 6.07) is 0. The summed E-state index contributed by atoms with van der Waals surface area (Å²) in [5.74, 6) is -0.349. The van der Waals surface area contributed by atoms with Gasteiger partial charge in [-0.05, 0) is 5.92 Å². The van der Waals surface area contributed by atoms with Crippen LogP contribution < -0.4 is 5.48 Å². The first-order valence-electron chi connectivity index (χ1n) is 3.69. The molecule has 0 unspecified atom stereocenters. The molecule has 0 heterocycles. The number of carboxylic acids is 1. The van der Waals surface area contributed by atoms with Crippen LogP contribution in [0.2, 0.25) is 0 Å². The lowest BCUT2D eigenvalue weighted by Gasteiger charge is -2.05. The Morgan fingerprint density at radius 3 is 2.73 bits per heavy atom. The summed E-state index contributed by atoms with van der Waals surface area (Å²) in [6.07, 6.45) is 0.0953. The fourth-order valence-electron chi connectivity index (χ4n) is 0.456. The van der Waals surface area contributed by atoms with Gasteiger partial charge in [-0.2, -0.15) is 0 Å². The van der Waals surface area contributed by atoms with E-state index in [4.69, 9.17) is 9.94 Å². The maximum Gasteiger partial charge on any atom is 0.304 e. The first kappa shape index (κ1) is 10.4. The van der Waals surface area contributed by atoms with Gasteiger partial charge in [0.2, 0.25) is 0 Å². The Labute approximate surface area is 66.5 Å². The highest BCUT2D eigenvalue weighted by Gasteiger charge is 1.96. The van der Waals surface area contributed by atoms with Crippen molar-refractivity contribution in [3.05, 3.63) is 0 Å². The molecule has 0 aromatic heterocycles. The fourth-order valence-corrected chi connectivity index (χ4v) is 0.456. The molecular formula is C7H15NO3. The Kier molecular flexibility index (Phi) is 5.78. The van der Waals surface area contributed by atoms with Gasteiger partial charge in [0.05, 0.1) is 13.0 Å². The molecule has 0 amide bonds. The molecule has 0 bridgehead atoms. The summed E-state index contributed by atoms with van der Waals surface area (Å²) in [7, 11) is 0. The quantitative estimate of drug-likeness (QED) is 0.443. The molecule has 0 radical (unpaired) electrons. The van der Waals surface area contributed by atoms with Gasteiger partial charge in [0.15, 0.2) is 0 Å². The van der Waals surface area contributed by atoms with Gasteiger partial charge in [-0.15, -0.1) is 0 Å². The number of carbonyl (C=O) groups is 1. The van der Waals surface area contributed by atoms with E-state index in [1.165, 1.54) is 0 Å². The van der Waals surface area contributed by atoms with Gasteiger partial charge in [-0.1, -0.05) is 13.8 Å². The number of aliphatic carboxylic acids is 1. The molecule has 0 rings (SSSR count). The first-order valence-corrected chi connectivity index (χ1v) is 3.69. The largest absolute Gasteiger partial charge is 0.481 e. The molecule has 0 saturated heterocycles. The zero-order valence-electron chi connectivity index (χ0n) is 6.96. The first-order chi connectivity index (χ1) is 5.13. The molecule has 0 atom stereocenters. The molecule has 66 valence electrons. The molecule has 11 heavy (non-hydrogen) atoms. The maximum atomic E-state index is 10.0. The van der Waals surface area contributed by atoms with Crippen molar-refractivity contribution in [3.8, 4) is 0 Å².